The second-order valence-corrected chi connectivity index (χ2v) is 8.85. The van der Waals surface area contributed by atoms with E-state index in [-0.39, 0.29) is 17.7 Å². The fourth-order valence-corrected chi connectivity index (χ4v) is 4.69. The molecule has 2 amide bonds. The Bertz CT molecular complexity index is 929. The van der Waals surface area contributed by atoms with E-state index in [1.807, 2.05) is 29.3 Å². The van der Waals surface area contributed by atoms with Gasteiger partial charge in [-0.1, -0.05) is 42.8 Å². The van der Waals surface area contributed by atoms with Gasteiger partial charge in [-0.15, -0.1) is 6.58 Å². The normalized spacial score (nSPS) is 18.1. The van der Waals surface area contributed by atoms with Gasteiger partial charge in [0.2, 0.25) is 11.8 Å². The van der Waals surface area contributed by atoms with Crippen molar-refractivity contribution in [1.82, 2.24) is 15.2 Å². The maximum absolute atomic E-state index is 13.2. The first-order valence-electron chi connectivity index (χ1n) is 11.3. The van der Waals surface area contributed by atoms with Crippen molar-refractivity contribution >= 4 is 11.8 Å². The van der Waals surface area contributed by atoms with Crippen molar-refractivity contribution in [3.8, 4) is 11.1 Å². The SMILES string of the molecule is C=CCNC(=O)C1(Cc2cccc(-c3cccnc3)c2)CCN(C(=O)C2CCC2)CC1. The van der Waals surface area contributed by atoms with Gasteiger partial charge >= 0.3 is 0 Å². The van der Waals surface area contributed by atoms with Crippen molar-refractivity contribution < 1.29 is 9.59 Å². The van der Waals surface area contributed by atoms with Gasteiger partial charge in [0, 0.05) is 37.9 Å². The van der Waals surface area contributed by atoms with Gasteiger partial charge in [0.05, 0.1) is 5.41 Å². The van der Waals surface area contributed by atoms with Crippen LogP contribution in [0.4, 0.5) is 0 Å². The molecule has 2 aliphatic rings. The summed E-state index contributed by atoms with van der Waals surface area (Å²) in [7, 11) is 0. The Morgan fingerprint density at radius 1 is 1.16 bits per heavy atom. The predicted octanol–water partition coefficient (Wildman–Crippen LogP) is 4.00. The quantitative estimate of drug-likeness (QED) is 0.693. The molecule has 2 aromatic rings. The van der Waals surface area contributed by atoms with Crippen molar-refractivity contribution in [2.75, 3.05) is 19.6 Å². The minimum atomic E-state index is -0.507. The Kier molecular flexibility index (Phi) is 6.50. The summed E-state index contributed by atoms with van der Waals surface area (Å²) in [6.45, 7) is 5.49. The van der Waals surface area contributed by atoms with Crippen LogP contribution < -0.4 is 5.32 Å². The Balaban J connectivity index is 1.53. The van der Waals surface area contributed by atoms with Gasteiger partial charge in [-0.05, 0) is 54.9 Å². The number of pyridine rings is 1. The van der Waals surface area contributed by atoms with Crippen molar-refractivity contribution in [1.29, 1.82) is 0 Å². The van der Waals surface area contributed by atoms with Crippen molar-refractivity contribution in [3.05, 3.63) is 67.0 Å². The zero-order valence-corrected chi connectivity index (χ0v) is 18.1. The van der Waals surface area contributed by atoms with Crippen LogP contribution in [0.3, 0.4) is 0 Å². The number of amides is 2. The summed E-state index contributed by atoms with van der Waals surface area (Å²) in [5.41, 5.74) is 2.79. The predicted molar refractivity (Wildman–Crippen MR) is 122 cm³/mol. The summed E-state index contributed by atoms with van der Waals surface area (Å²) < 4.78 is 0. The van der Waals surface area contributed by atoms with Crippen LogP contribution in [0.2, 0.25) is 0 Å². The third-order valence-electron chi connectivity index (χ3n) is 6.84. The second kappa shape index (κ2) is 9.46. The van der Waals surface area contributed by atoms with Gasteiger partial charge in [-0.25, -0.2) is 0 Å². The van der Waals surface area contributed by atoms with Crippen molar-refractivity contribution in [2.24, 2.45) is 11.3 Å². The molecule has 1 saturated carbocycles. The van der Waals surface area contributed by atoms with Crippen LogP contribution in [0.1, 0.15) is 37.7 Å². The number of rotatable bonds is 7. The van der Waals surface area contributed by atoms with Crippen LogP contribution in [0.25, 0.3) is 11.1 Å². The summed E-state index contributed by atoms with van der Waals surface area (Å²) >= 11 is 0. The number of nitrogens with zero attached hydrogens (tertiary/aromatic N) is 2. The molecular formula is C26H31N3O2. The van der Waals surface area contributed by atoms with Gasteiger partial charge in [-0.2, -0.15) is 0 Å². The highest BCUT2D eigenvalue weighted by atomic mass is 16.2. The van der Waals surface area contributed by atoms with E-state index in [4.69, 9.17) is 0 Å². The standard InChI is InChI=1S/C26H31N3O2/c1-2-13-28-25(31)26(11-15-29(16-12-26)24(30)21-7-4-8-21)18-20-6-3-9-22(17-20)23-10-5-14-27-19-23/h2-3,5-6,9-10,14,17,19,21H,1,4,7-8,11-13,15-16,18H2,(H,28,31). The third-order valence-corrected chi connectivity index (χ3v) is 6.84. The molecule has 0 atom stereocenters. The molecule has 162 valence electrons. The molecule has 0 unspecified atom stereocenters. The van der Waals surface area contributed by atoms with Crippen molar-refractivity contribution in [3.63, 3.8) is 0 Å². The van der Waals surface area contributed by atoms with E-state index in [0.29, 0.717) is 38.9 Å². The molecule has 0 bridgehead atoms. The van der Waals surface area contributed by atoms with Gasteiger partial charge in [0.1, 0.15) is 0 Å². The fraction of sp³-hybridized carbons (Fsp3) is 0.423. The Hall–Kier alpha value is -2.95. The number of aromatic nitrogens is 1. The molecule has 5 heteroatoms. The lowest BCUT2D eigenvalue weighted by molar-refractivity contribution is -0.144. The Labute approximate surface area is 184 Å². The molecule has 1 N–H and O–H groups in total. The Morgan fingerprint density at radius 2 is 1.94 bits per heavy atom. The second-order valence-electron chi connectivity index (χ2n) is 8.85. The van der Waals surface area contributed by atoms with Crippen LogP contribution >= 0.6 is 0 Å². The van der Waals surface area contributed by atoms with E-state index < -0.39 is 5.41 Å². The summed E-state index contributed by atoms with van der Waals surface area (Å²) in [6, 6.07) is 12.3. The number of carbonyl (C=O) groups excluding carboxylic acids is 2. The zero-order valence-electron chi connectivity index (χ0n) is 18.1. The lowest BCUT2D eigenvalue weighted by Gasteiger charge is -2.42. The zero-order chi connectivity index (χ0) is 21.7. The van der Waals surface area contributed by atoms with Crippen LogP contribution in [0.5, 0.6) is 0 Å². The number of piperidine rings is 1. The number of carbonyl (C=O) groups is 2. The average Bonchev–Trinajstić information content (AvgIpc) is 2.77. The lowest BCUT2D eigenvalue weighted by atomic mass is 9.72. The van der Waals surface area contributed by atoms with E-state index in [1.54, 1.807) is 12.3 Å². The highest BCUT2D eigenvalue weighted by Crippen LogP contribution is 2.38. The van der Waals surface area contributed by atoms with Gasteiger partial charge < -0.3 is 10.2 Å². The number of hydrogen-bond acceptors (Lipinski definition) is 3. The third kappa shape index (κ3) is 4.71. The molecule has 31 heavy (non-hydrogen) atoms. The summed E-state index contributed by atoms with van der Waals surface area (Å²) in [6.07, 6.45) is 10.6. The molecule has 5 nitrogen and oxygen atoms in total. The first-order chi connectivity index (χ1) is 15.1. The van der Waals surface area contributed by atoms with E-state index in [2.05, 4.69) is 35.1 Å². The number of hydrogen-bond donors (Lipinski definition) is 1. The molecule has 0 spiro atoms. The number of nitrogens with one attached hydrogen (secondary N) is 1. The largest absolute Gasteiger partial charge is 0.352 e. The molecule has 1 aliphatic heterocycles. The maximum Gasteiger partial charge on any atom is 0.226 e. The Morgan fingerprint density at radius 3 is 2.58 bits per heavy atom. The molecule has 4 rings (SSSR count). The van der Waals surface area contributed by atoms with Crippen molar-refractivity contribution in [2.45, 2.75) is 38.5 Å². The van der Waals surface area contributed by atoms with Crippen LogP contribution in [0, 0.1) is 11.3 Å². The highest BCUT2D eigenvalue weighted by Gasteiger charge is 2.43. The van der Waals surface area contributed by atoms with Gasteiger partial charge in [0.15, 0.2) is 0 Å². The van der Waals surface area contributed by atoms with E-state index in [0.717, 1.165) is 36.0 Å². The molecule has 1 aromatic heterocycles. The summed E-state index contributed by atoms with van der Waals surface area (Å²) in [5.74, 6) is 0.554. The molecule has 0 radical (unpaired) electrons. The van der Waals surface area contributed by atoms with E-state index in [9.17, 15) is 9.59 Å². The minimum Gasteiger partial charge on any atom is -0.352 e. The molecule has 2 fully saturated rings. The van der Waals surface area contributed by atoms with Gasteiger partial charge in [0.25, 0.3) is 0 Å². The minimum absolute atomic E-state index is 0.0647. The molecule has 2 heterocycles. The molecule has 1 aromatic carbocycles. The summed E-state index contributed by atoms with van der Waals surface area (Å²) in [5, 5.41) is 3.03. The van der Waals surface area contributed by atoms with Crippen LogP contribution in [-0.4, -0.2) is 41.3 Å². The molecular weight excluding hydrogens is 386 g/mol. The highest BCUT2D eigenvalue weighted by molar-refractivity contribution is 5.84. The average molecular weight is 418 g/mol. The van der Waals surface area contributed by atoms with E-state index >= 15 is 0 Å². The van der Waals surface area contributed by atoms with Gasteiger partial charge in [-0.3, -0.25) is 14.6 Å². The first-order valence-corrected chi connectivity index (χ1v) is 11.3. The number of benzene rings is 1. The van der Waals surface area contributed by atoms with Crippen LogP contribution in [-0.2, 0) is 16.0 Å². The molecule has 1 aliphatic carbocycles. The molecule has 1 saturated heterocycles. The first kappa shape index (κ1) is 21.3. The van der Waals surface area contributed by atoms with Crippen LogP contribution in [0.15, 0.2) is 61.4 Å². The number of likely N-dealkylation sites (tertiary alicyclic amines) is 1. The lowest BCUT2D eigenvalue weighted by Crippen LogP contribution is -2.52. The smallest absolute Gasteiger partial charge is 0.226 e. The monoisotopic (exact) mass is 417 g/mol. The maximum atomic E-state index is 13.2. The summed E-state index contributed by atoms with van der Waals surface area (Å²) in [4.78, 5) is 32.1. The topological polar surface area (TPSA) is 62.3 Å². The fourth-order valence-electron chi connectivity index (χ4n) is 4.69. The van der Waals surface area contributed by atoms with E-state index in [1.165, 1.54) is 0 Å².